The van der Waals surface area contributed by atoms with Crippen molar-refractivity contribution < 1.29 is 18.4 Å². The molecule has 0 atom stereocenters. The van der Waals surface area contributed by atoms with Crippen molar-refractivity contribution in [2.24, 2.45) is 0 Å². The van der Waals surface area contributed by atoms with Gasteiger partial charge in [0.05, 0.1) is 28.9 Å². The van der Waals surface area contributed by atoms with Crippen molar-refractivity contribution in [2.45, 2.75) is 19.9 Å². The summed E-state index contributed by atoms with van der Waals surface area (Å²) in [6.45, 7) is 5.55. The van der Waals surface area contributed by atoms with Gasteiger partial charge >= 0.3 is 5.97 Å². The van der Waals surface area contributed by atoms with Gasteiger partial charge < -0.3 is 24.5 Å². The second-order valence-electron chi connectivity index (χ2n) is 10.6. The minimum absolute atomic E-state index is 0.0847. The second kappa shape index (κ2) is 11.0. The topological polar surface area (TPSA) is 146 Å². The highest BCUT2D eigenvalue weighted by molar-refractivity contribution is 6.39. The lowest BCUT2D eigenvalue weighted by Crippen LogP contribution is -2.33. The molecule has 226 valence electrons. The average molecular weight is 619 g/mol. The third-order valence-corrected chi connectivity index (χ3v) is 8.37. The van der Waals surface area contributed by atoms with E-state index in [2.05, 4.69) is 30.1 Å². The standard InChI is InChI=1S/C29H28ClFN10O3/c1-16-17-14-20(18(31)15-21(17)44-37-16)39-9-5-8-38(10-12-39)11-13-40-24(28(42)43-2)23(30)22-26(40)35-29(32)41-27(22)34-25(36-41)19-6-3-4-7-33-19/h3-4,6-7,14-15H,5,8-13H2,1-2H3,(H2,32,35). The number of aryl methyl sites for hydroxylation is 1. The molecule has 7 rings (SSSR count). The molecule has 6 aromatic rings. The van der Waals surface area contributed by atoms with Gasteiger partial charge in [0.15, 0.2) is 11.2 Å². The molecular formula is C29H28ClFN10O3. The Hall–Kier alpha value is -4.82. The lowest BCUT2D eigenvalue weighted by molar-refractivity contribution is 0.0588. The predicted octanol–water partition coefficient (Wildman–Crippen LogP) is 3.96. The number of aromatic nitrogens is 7. The number of carbonyl (C=O) groups excluding carboxylic acids is 1. The SMILES string of the molecule is COC(=O)c1c(Cl)c2c(nc(N)n3nc(-c4ccccn4)nc23)n1CCN1CCCN(c2cc3c(C)noc3cc2F)CC1. The van der Waals surface area contributed by atoms with Gasteiger partial charge in [-0.05, 0) is 38.1 Å². The van der Waals surface area contributed by atoms with E-state index in [0.29, 0.717) is 72.2 Å². The molecule has 1 saturated heterocycles. The lowest BCUT2D eigenvalue weighted by Gasteiger charge is -2.24. The van der Waals surface area contributed by atoms with Gasteiger partial charge in [-0.15, -0.1) is 5.10 Å². The van der Waals surface area contributed by atoms with Crippen LogP contribution < -0.4 is 10.6 Å². The van der Waals surface area contributed by atoms with Crippen molar-refractivity contribution in [3.63, 3.8) is 0 Å². The number of pyridine rings is 1. The first-order valence-electron chi connectivity index (χ1n) is 14.1. The molecule has 2 N–H and O–H groups in total. The van der Waals surface area contributed by atoms with Gasteiger partial charge in [-0.3, -0.25) is 9.88 Å². The van der Waals surface area contributed by atoms with Crippen LogP contribution in [0.4, 0.5) is 16.0 Å². The molecule has 1 fully saturated rings. The number of hydrogen-bond acceptors (Lipinski definition) is 11. The zero-order valence-electron chi connectivity index (χ0n) is 24.0. The molecule has 0 amide bonds. The number of esters is 1. The van der Waals surface area contributed by atoms with E-state index in [0.717, 1.165) is 24.0 Å². The maximum atomic E-state index is 15.0. The molecule has 0 bridgehead atoms. The summed E-state index contributed by atoms with van der Waals surface area (Å²) in [5.41, 5.74) is 9.49. The molecule has 5 aromatic heterocycles. The molecule has 6 heterocycles. The van der Waals surface area contributed by atoms with Crippen LogP contribution in [0.1, 0.15) is 22.6 Å². The molecule has 1 aliphatic heterocycles. The van der Waals surface area contributed by atoms with E-state index in [4.69, 9.17) is 26.6 Å². The Morgan fingerprint density at radius 1 is 1.14 bits per heavy atom. The summed E-state index contributed by atoms with van der Waals surface area (Å²) in [7, 11) is 1.30. The summed E-state index contributed by atoms with van der Waals surface area (Å²) in [4.78, 5) is 30.9. The highest BCUT2D eigenvalue weighted by Gasteiger charge is 2.28. The summed E-state index contributed by atoms with van der Waals surface area (Å²) in [5, 5.41) is 9.84. The van der Waals surface area contributed by atoms with Gasteiger partial charge in [0.2, 0.25) is 11.8 Å². The van der Waals surface area contributed by atoms with E-state index >= 15 is 4.39 Å². The number of nitrogens with zero attached hydrogens (tertiary/aromatic N) is 9. The minimum atomic E-state index is -0.605. The van der Waals surface area contributed by atoms with E-state index in [1.165, 1.54) is 17.7 Å². The maximum Gasteiger partial charge on any atom is 0.356 e. The van der Waals surface area contributed by atoms with Crippen LogP contribution in [0.3, 0.4) is 0 Å². The third-order valence-electron chi connectivity index (χ3n) is 8.01. The number of halogens is 2. The van der Waals surface area contributed by atoms with Gasteiger partial charge in [0, 0.05) is 50.4 Å². The summed E-state index contributed by atoms with van der Waals surface area (Å²) in [6.07, 6.45) is 2.46. The number of fused-ring (bicyclic) bond motifs is 4. The van der Waals surface area contributed by atoms with Crippen molar-refractivity contribution in [3.8, 4) is 11.5 Å². The number of methoxy groups -OCH3 is 1. The summed E-state index contributed by atoms with van der Waals surface area (Å²) < 4.78 is 28.5. The Morgan fingerprint density at radius 3 is 2.80 bits per heavy atom. The monoisotopic (exact) mass is 618 g/mol. The molecule has 0 radical (unpaired) electrons. The Morgan fingerprint density at radius 2 is 2.00 bits per heavy atom. The Bertz CT molecular complexity index is 2040. The molecule has 13 nitrogen and oxygen atoms in total. The fourth-order valence-electron chi connectivity index (χ4n) is 5.79. The number of nitrogen functional groups attached to an aromatic ring is 1. The largest absolute Gasteiger partial charge is 0.464 e. The molecule has 15 heteroatoms. The molecule has 1 aliphatic rings. The molecule has 1 aromatic carbocycles. The van der Waals surface area contributed by atoms with Gasteiger partial charge in [-0.1, -0.05) is 22.8 Å². The zero-order valence-corrected chi connectivity index (χ0v) is 24.8. The molecule has 0 saturated carbocycles. The summed E-state index contributed by atoms with van der Waals surface area (Å²) in [5.74, 6) is -0.514. The van der Waals surface area contributed by atoms with Crippen LogP contribution in [-0.2, 0) is 11.3 Å². The van der Waals surface area contributed by atoms with Crippen molar-refractivity contribution in [2.75, 3.05) is 50.5 Å². The fourth-order valence-corrected chi connectivity index (χ4v) is 6.13. The van der Waals surface area contributed by atoms with Crippen LogP contribution in [-0.4, -0.2) is 85.0 Å². The number of rotatable bonds is 6. The van der Waals surface area contributed by atoms with Crippen LogP contribution in [0, 0.1) is 12.7 Å². The van der Waals surface area contributed by atoms with Crippen molar-refractivity contribution in [1.82, 2.24) is 39.2 Å². The summed E-state index contributed by atoms with van der Waals surface area (Å²) >= 11 is 6.85. The summed E-state index contributed by atoms with van der Waals surface area (Å²) in [6, 6.07) is 8.62. The van der Waals surface area contributed by atoms with E-state index in [1.54, 1.807) is 22.9 Å². The second-order valence-corrected chi connectivity index (χ2v) is 11.0. The molecule has 0 aliphatic carbocycles. The normalized spacial score (nSPS) is 14.6. The Labute approximate surface area is 255 Å². The molecule has 0 spiro atoms. The van der Waals surface area contributed by atoms with Crippen LogP contribution >= 0.6 is 11.6 Å². The zero-order chi connectivity index (χ0) is 30.5. The van der Waals surface area contributed by atoms with E-state index < -0.39 is 5.97 Å². The quantitative estimate of drug-likeness (QED) is 0.271. The maximum absolute atomic E-state index is 15.0. The van der Waals surface area contributed by atoms with Crippen LogP contribution in [0.5, 0.6) is 0 Å². The van der Waals surface area contributed by atoms with E-state index in [1.807, 2.05) is 24.0 Å². The molecule has 44 heavy (non-hydrogen) atoms. The number of nitrogens with two attached hydrogens (primary N) is 1. The van der Waals surface area contributed by atoms with Gasteiger partial charge in [0.25, 0.3) is 0 Å². The first-order valence-corrected chi connectivity index (χ1v) is 14.5. The van der Waals surface area contributed by atoms with E-state index in [-0.39, 0.29) is 22.5 Å². The van der Waals surface area contributed by atoms with Gasteiger partial charge in [-0.2, -0.15) is 9.50 Å². The Kier molecular flexibility index (Phi) is 7.01. The highest BCUT2D eigenvalue weighted by Crippen LogP contribution is 2.35. The van der Waals surface area contributed by atoms with Crippen molar-refractivity contribution in [1.29, 1.82) is 0 Å². The lowest BCUT2D eigenvalue weighted by atomic mass is 10.1. The number of ether oxygens (including phenoxy) is 1. The first-order chi connectivity index (χ1) is 21.3. The van der Waals surface area contributed by atoms with Gasteiger partial charge in [-0.25, -0.2) is 14.2 Å². The van der Waals surface area contributed by atoms with Crippen molar-refractivity contribution >= 4 is 56.9 Å². The average Bonchev–Trinajstić information content (AvgIpc) is 3.64. The third kappa shape index (κ3) is 4.66. The Balaban J connectivity index is 1.18. The smallest absolute Gasteiger partial charge is 0.356 e. The number of anilines is 2. The van der Waals surface area contributed by atoms with Crippen LogP contribution in [0.15, 0.2) is 41.1 Å². The van der Waals surface area contributed by atoms with Gasteiger partial charge in [0.1, 0.15) is 22.9 Å². The fraction of sp³-hybridized carbons (Fsp3) is 0.310. The highest BCUT2D eigenvalue weighted by atomic mass is 35.5. The number of carbonyl (C=O) groups is 1. The van der Waals surface area contributed by atoms with E-state index in [9.17, 15) is 4.79 Å². The molecule has 0 unspecified atom stereocenters. The minimum Gasteiger partial charge on any atom is -0.464 e. The molecular weight excluding hydrogens is 591 g/mol. The predicted molar refractivity (Wildman–Crippen MR) is 162 cm³/mol. The number of benzene rings is 1. The van der Waals surface area contributed by atoms with Crippen LogP contribution in [0.25, 0.3) is 39.2 Å². The number of hydrogen-bond donors (Lipinski definition) is 1. The van der Waals surface area contributed by atoms with Crippen LogP contribution in [0.2, 0.25) is 5.02 Å². The first kappa shape index (κ1) is 28.0. The van der Waals surface area contributed by atoms with Crippen molar-refractivity contribution in [3.05, 3.63) is 58.8 Å².